The summed E-state index contributed by atoms with van der Waals surface area (Å²) in [7, 11) is 0. The van der Waals surface area contributed by atoms with Gasteiger partial charge in [-0.1, -0.05) is 24.4 Å². The van der Waals surface area contributed by atoms with Crippen LogP contribution in [-0.4, -0.2) is 107 Å². The van der Waals surface area contributed by atoms with Gasteiger partial charge in [0.1, 0.15) is 0 Å². The van der Waals surface area contributed by atoms with Crippen molar-refractivity contribution >= 4 is 12.9 Å². The number of likely N-dealkylation sites (tertiary alicyclic amines) is 1. The third kappa shape index (κ3) is 9.40. The van der Waals surface area contributed by atoms with Crippen molar-refractivity contribution in [1.82, 2.24) is 19.9 Å². The van der Waals surface area contributed by atoms with E-state index < -0.39 is 0 Å². The molecule has 0 bridgehead atoms. The Labute approximate surface area is 196 Å². The molecule has 0 aromatic carbocycles. The van der Waals surface area contributed by atoms with Crippen LogP contribution in [-0.2, 0) is 16.1 Å². The average molecular weight is 469 g/mol. The zero-order chi connectivity index (χ0) is 23.9. The maximum Gasteiger partial charge on any atom is 0.290 e. The number of rotatable bonds is 6. The highest BCUT2D eigenvalue weighted by Crippen LogP contribution is 2.32. The highest BCUT2D eigenvalue weighted by molar-refractivity contribution is 5.33. The molecule has 0 unspecified atom stereocenters. The monoisotopic (exact) mass is 468 g/mol. The minimum absolute atomic E-state index is 0.250. The first kappa shape index (κ1) is 27.2. The fourth-order valence-corrected chi connectivity index (χ4v) is 5.15. The number of hydrogen-bond donors (Lipinski definition) is 3. The van der Waals surface area contributed by atoms with E-state index in [2.05, 4.69) is 25.9 Å². The Morgan fingerprint density at radius 1 is 0.909 bits per heavy atom. The second-order valence-corrected chi connectivity index (χ2v) is 8.87. The molecule has 3 N–H and O–H groups in total. The Hall–Kier alpha value is -2.01. The molecule has 0 spiro atoms. The minimum Gasteiger partial charge on any atom is -0.483 e. The number of carboxylic acid groups (broad SMARTS) is 2. The van der Waals surface area contributed by atoms with Crippen LogP contribution in [0.4, 0.5) is 0 Å². The standard InChI is InChI=1S/C21H36N4O2.2CH2O2/c26-15-14-23-10-12-25(13-11-23)19-6-8-24(9-7-19)17-20-16-21(22-27-20)18-4-2-1-3-5-18;2*2-1-3/h16,18-19,26H,1-15,17H2;2*1H,(H,2,3). The van der Waals surface area contributed by atoms with Crippen LogP contribution in [0.25, 0.3) is 0 Å². The number of nitrogens with zero attached hydrogens (tertiary/aromatic N) is 4. The van der Waals surface area contributed by atoms with Crippen molar-refractivity contribution in [2.75, 3.05) is 52.4 Å². The molecule has 188 valence electrons. The quantitative estimate of drug-likeness (QED) is 0.530. The van der Waals surface area contributed by atoms with Gasteiger partial charge >= 0.3 is 0 Å². The van der Waals surface area contributed by atoms with Crippen LogP contribution in [0.3, 0.4) is 0 Å². The van der Waals surface area contributed by atoms with E-state index in [1.807, 2.05) is 0 Å². The van der Waals surface area contributed by atoms with E-state index in [-0.39, 0.29) is 19.6 Å². The van der Waals surface area contributed by atoms with Crippen molar-refractivity contribution in [2.24, 2.45) is 0 Å². The van der Waals surface area contributed by atoms with Crippen molar-refractivity contribution in [1.29, 1.82) is 0 Å². The van der Waals surface area contributed by atoms with Crippen LogP contribution in [0.1, 0.15) is 62.3 Å². The Morgan fingerprint density at radius 3 is 2.09 bits per heavy atom. The van der Waals surface area contributed by atoms with E-state index in [0.29, 0.717) is 5.92 Å². The number of aliphatic hydroxyl groups is 1. The second kappa shape index (κ2) is 15.8. The number of aromatic nitrogens is 1. The molecule has 3 fully saturated rings. The molecule has 4 rings (SSSR count). The van der Waals surface area contributed by atoms with E-state index in [1.54, 1.807) is 0 Å². The average Bonchev–Trinajstić information content (AvgIpc) is 3.31. The summed E-state index contributed by atoms with van der Waals surface area (Å²) in [5.74, 6) is 1.68. The Balaban J connectivity index is 0.000000582. The Kier molecular flexibility index (Phi) is 13.0. The van der Waals surface area contributed by atoms with Crippen LogP contribution in [0.5, 0.6) is 0 Å². The molecule has 0 radical (unpaired) electrons. The molecular weight excluding hydrogens is 428 g/mol. The van der Waals surface area contributed by atoms with Gasteiger partial charge in [-0.3, -0.25) is 24.3 Å². The zero-order valence-corrected chi connectivity index (χ0v) is 19.6. The van der Waals surface area contributed by atoms with Crippen molar-refractivity contribution in [3.8, 4) is 0 Å². The van der Waals surface area contributed by atoms with Crippen LogP contribution in [0, 0.1) is 0 Å². The van der Waals surface area contributed by atoms with E-state index in [4.69, 9.17) is 29.4 Å². The molecule has 2 saturated heterocycles. The lowest BCUT2D eigenvalue weighted by molar-refractivity contribution is -0.123. The molecule has 10 heteroatoms. The first-order valence-corrected chi connectivity index (χ1v) is 12.1. The van der Waals surface area contributed by atoms with Crippen LogP contribution in [0.2, 0.25) is 0 Å². The molecule has 3 heterocycles. The van der Waals surface area contributed by atoms with E-state index in [9.17, 15) is 0 Å². The number of carbonyl (C=O) groups is 2. The van der Waals surface area contributed by atoms with Gasteiger partial charge in [0.25, 0.3) is 12.9 Å². The molecule has 3 aliphatic rings. The SMILES string of the molecule is O=CO.O=CO.OCCN1CCN(C2CCN(Cc3cc(C4CCCCC4)no3)CC2)CC1. The summed E-state index contributed by atoms with van der Waals surface area (Å²) in [6.45, 7) is 8.33. The number of hydrogen-bond acceptors (Lipinski definition) is 8. The third-order valence-corrected chi connectivity index (χ3v) is 6.88. The maximum atomic E-state index is 9.09. The lowest BCUT2D eigenvalue weighted by atomic mass is 9.87. The number of piperidine rings is 1. The van der Waals surface area contributed by atoms with E-state index >= 15 is 0 Å². The summed E-state index contributed by atoms with van der Waals surface area (Å²) in [6.07, 6.45) is 9.13. The summed E-state index contributed by atoms with van der Waals surface area (Å²) >= 11 is 0. The molecule has 2 aliphatic heterocycles. The smallest absolute Gasteiger partial charge is 0.290 e. The first-order chi connectivity index (χ1) is 16.1. The molecule has 1 aliphatic carbocycles. The number of aliphatic hydroxyl groups excluding tert-OH is 1. The molecule has 0 atom stereocenters. The Bertz CT molecular complexity index is 645. The lowest BCUT2D eigenvalue weighted by Gasteiger charge is -2.42. The summed E-state index contributed by atoms with van der Waals surface area (Å²) < 4.78 is 5.67. The normalized spacial score (nSPS) is 21.4. The third-order valence-electron chi connectivity index (χ3n) is 6.88. The molecule has 33 heavy (non-hydrogen) atoms. The highest BCUT2D eigenvalue weighted by atomic mass is 16.5. The second-order valence-electron chi connectivity index (χ2n) is 8.87. The molecule has 1 saturated carbocycles. The van der Waals surface area contributed by atoms with Gasteiger partial charge in [0.05, 0.1) is 18.8 Å². The number of β-amino-alcohol motifs (C(OH)–C–C–N with tert-alkyl or cyclic N) is 1. The minimum atomic E-state index is -0.250. The van der Waals surface area contributed by atoms with Crippen molar-refractivity contribution in [3.05, 3.63) is 17.5 Å². The fraction of sp³-hybridized carbons (Fsp3) is 0.783. The first-order valence-electron chi connectivity index (χ1n) is 12.1. The summed E-state index contributed by atoms with van der Waals surface area (Å²) in [4.78, 5) is 24.3. The predicted molar refractivity (Wildman–Crippen MR) is 123 cm³/mol. The predicted octanol–water partition coefficient (Wildman–Crippen LogP) is 1.70. The molecule has 1 aromatic heterocycles. The van der Waals surface area contributed by atoms with Gasteiger partial charge in [-0.15, -0.1) is 0 Å². The molecule has 0 amide bonds. The topological polar surface area (TPSA) is 131 Å². The van der Waals surface area contributed by atoms with Gasteiger partial charge in [0.15, 0.2) is 5.76 Å². The fourth-order valence-electron chi connectivity index (χ4n) is 5.15. The summed E-state index contributed by atoms with van der Waals surface area (Å²) in [6, 6.07) is 2.95. The molecule has 10 nitrogen and oxygen atoms in total. The highest BCUT2D eigenvalue weighted by Gasteiger charge is 2.28. The lowest BCUT2D eigenvalue weighted by Crippen LogP contribution is -2.53. The molecular formula is C23H40N4O6. The number of piperazine rings is 1. The van der Waals surface area contributed by atoms with Gasteiger partial charge in [-0.05, 0) is 25.7 Å². The van der Waals surface area contributed by atoms with E-state index in [0.717, 1.165) is 64.2 Å². The van der Waals surface area contributed by atoms with Crippen LogP contribution < -0.4 is 0 Å². The van der Waals surface area contributed by atoms with E-state index in [1.165, 1.54) is 50.6 Å². The van der Waals surface area contributed by atoms with Crippen molar-refractivity contribution in [3.63, 3.8) is 0 Å². The zero-order valence-electron chi connectivity index (χ0n) is 19.6. The summed E-state index contributed by atoms with van der Waals surface area (Å²) in [5.41, 5.74) is 1.19. The van der Waals surface area contributed by atoms with Gasteiger partial charge in [-0.25, -0.2) is 0 Å². The van der Waals surface area contributed by atoms with Crippen molar-refractivity contribution < 1.29 is 29.4 Å². The van der Waals surface area contributed by atoms with Gasteiger partial charge in [0, 0.05) is 63.8 Å². The summed E-state index contributed by atoms with van der Waals surface area (Å²) in [5, 5.41) is 27.2. The van der Waals surface area contributed by atoms with Gasteiger partial charge < -0.3 is 19.8 Å². The molecule has 1 aromatic rings. The van der Waals surface area contributed by atoms with Crippen molar-refractivity contribution in [2.45, 2.75) is 63.5 Å². The van der Waals surface area contributed by atoms with Gasteiger partial charge in [-0.2, -0.15) is 0 Å². The van der Waals surface area contributed by atoms with Gasteiger partial charge in [0.2, 0.25) is 0 Å². The van der Waals surface area contributed by atoms with Crippen LogP contribution in [0.15, 0.2) is 10.6 Å². The maximum absolute atomic E-state index is 9.09. The largest absolute Gasteiger partial charge is 0.483 e. The Morgan fingerprint density at radius 2 is 1.52 bits per heavy atom. The van der Waals surface area contributed by atoms with Crippen LogP contribution >= 0.6 is 0 Å².